The maximum atomic E-state index is 11.4. The highest BCUT2D eigenvalue weighted by Gasteiger charge is 2.45. The van der Waals surface area contributed by atoms with E-state index in [0.717, 1.165) is 6.54 Å². The molecule has 0 aromatic carbocycles. The van der Waals surface area contributed by atoms with Crippen LogP contribution in [0, 0.1) is 11.3 Å². The summed E-state index contributed by atoms with van der Waals surface area (Å²) in [5.41, 5.74) is 6.03. The lowest BCUT2D eigenvalue weighted by molar-refractivity contribution is -0.122. The van der Waals surface area contributed by atoms with Gasteiger partial charge in [-0.3, -0.25) is 4.79 Å². The van der Waals surface area contributed by atoms with Gasteiger partial charge in [0.1, 0.15) is 0 Å². The van der Waals surface area contributed by atoms with E-state index in [2.05, 4.69) is 25.7 Å². The molecule has 0 heterocycles. The van der Waals surface area contributed by atoms with Crippen LogP contribution >= 0.6 is 0 Å². The molecular weight excluding hydrogens is 176 g/mol. The monoisotopic (exact) mass is 196 g/mol. The van der Waals surface area contributed by atoms with E-state index in [0.29, 0.717) is 17.8 Å². The first-order valence-electron chi connectivity index (χ1n) is 5.11. The molecule has 2 unspecified atom stereocenters. The van der Waals surface area contributed by atoms with Crippen molar-refractivity contribution < 1.29 is 4.79 Å². The van der Waals surface area contributed by atoms with Crippen molar-refractivity contribution in [3.8, 4) is 0 Å². The highest BCUT2D eigenvalue weighted by molar-refractivity contribution is 5.81. The van der Waals surface area contributed by atoms with Gasteiger partial charge in [0.25, 0.3) is 0 Å². The highest BCUT2D eigenvalue weighted by Crippen LogP contribution is 2.50. The van der Waals surface area contributed by atoms with Gasteiger partial charge in [-0.25, -0.2) is 0 Å². The van der Waals surface area contributed by atoms with E-state index in [-0.39, 0.29) is 5.91 Å². The minimum absolute atomic E-state index is 0.0624. The zero-order valence-electron chi connectivity index (χ0n) is 9.05. The number of hydrogen-bond donors (Lipinski definition) is 2. The number of carbonyl (C=O) groups excluding carboxylic acids is 1. The third-order valence-corrected chi connectivity index (χ3v) is 3.00. The van der Waals surface area contributed by atoms with Crippen molar-refractivity contribution in [3.63, 3.8) is 0 Å². The molecule has 0 aliphatic heterocycles. The molecule has 0 saturated heterocycles. The zero-order valence-corrected chi connectivity index (χ0v) is 9.05. The zero-order chi connectivity index (χ0) is 10.8. The summed E-state index contributed by atoms with van der Waals surface area (Å²) in [4.78, 5) is 11.4. The molecule has 1 rings (SSSR count). The molecule has 14 heavy (non-hydrogen) atoms. The van der Waals surface area contributed by atoms with Crippen LogP contribution in [0.25, 0.3) is 0 Å². The summed E-state index contributed by atoms with van der Waals surface area (Å²) in [6, 6.07) is -0.436. The summed E-state index contributed by atoms with van der Waals surface area (Å²) in [5.74, 6) is 0.565. The molecule has 2 atom stereocenters. The number of hydrogen-bond acceptors (Lipinski definition) is 2. The van der Waals surface area contributed by atoms with E-state index in [1.807, 2.05) is 0 Å². The Morgan fingerprint density at radius 3 is 2.79 bits per heavy atom. The van der Waals surface area contributed by atoms with Gasteiger partial charge in [0.15, 0.2) is 0 Å². The Balaban J connectivity index is 2.19. The molecule has 0 spiro atoms. The minimum atomic E-state index is -0.436. The summed E-state index contributed by atoms with van der Waals surface area (Å²) in [6.45, 7) is 8.75. The Hall–Kier alpha value is -0.830. The van der Waals surface area contributed by atoms with Gasteiger partial charge < -0.3 is 11.1 Å². The van der Waals surface area contributed by atoms with Crippen LogP contribution in [0.1, 0.15) is 26.7 Å². The molecule has 1 aliphatic rings. The predicted octanol–water partition coefficient (Wildman–Crippen LogP) is 1.05. The second-order valence-electron chi connectivity index (χ2n) is 4.77. The van der Waals surface area contributed by atoms with Gasteiger partial charge >= 0.3 is 0 Å². The SMILES string of the molecule is C=CCC(N)C(=O)NCC1CC1(C)C. The second kappa shape index (κ2) is 4.13. The Labute approximate surface area is 85.7 Å². The van der Waals surface area contributed by atoms with Crippen molar-refractivity contribution in [2.24, 2.45) is 17.1 Å². The lowest BCUT2D eigenvalue weighted by Crippen LogP contribution is -2.41. The summed E-state index contributed by atoms with van der Waals surface area (Å²) < 4.78 is 0. The summed E-state index contributed by atoms with van der Waals surface area (Å²) in [5, 5.41) is 2.87. The van der Waals surface area contributed by atoms with Gasteiger partial charge in [0.2, 0.25) is 5.91 Å². The van der Waals surface area contributed by atoms with Gasteiger partial charge in [-0.2, -0.15) is 0 Å². The molecule has 80 valence electrons. The quantitative estimate of drug-likeness (QED) is 0.646. The fourth-order valence-corrected chi connectivity index (χ4v) is 1.57. The molecule has 0 radical (unpaired) electrons. The van der Waals surface area contributed by atoms with Crippen LogP contribution < -0.4 is 11.1 Å². The third kappa shape index (κ3) is 2.84. The van der Waals surface area contributed by atoms with Crippen molar-refractivity contribution in [2.45, 2.75) is 32.7 Å². The minimum Gasteiger partial charge on any atom is -0.354 e. The normalized spacial score (nSPS) is 25.2. The van der Waals surface area contributed by atoms with Crippen LogP contribution in [0.2, 0.25) is 0 Å². The van der Waals surface area contributed by atoms with Gasteiger partial charge in [-0.15, -0.1) is 6.58 Å². The Morgan fingerprint density at radius 2 is 2.36 bits per heavy atom. The molecule has 1 saturated carbocycles. The largest absolute Gasteiger partial charge is 0.354 e. The maximum Gasteiger partial charge on any atom is 0.237 e. The molecule has 1 amide bonds. The van der Waals surface area contributed by atoms with Crippen molar-refractivity contribution >= 4 is 5.91 Å². The van der Waals surface area contributed by atoms with Gasteiger partial charge in [0.05, 0.1) is 6.04 Å². The Kier molecular flexibility index (Phi) is 3.32. The third-order valence-electron chi connectivity index (χ3n) is 3.00. The van der Waals surface area contributed by atoms with Gasteiger partial charge in [-0.1, -0.05) is 19.9 Å². The van der Waals surface area contributed by atoms with Crippen molar-refractivity contribution in [3.05, 3.63) is 12.7 Å². The highest BCUT2D eigenvalue weighted by atomic mass is 16.2. The number of nitrogens with two attached hydrogens (primary N) is 1. The number of rotatable bonds is 5. The first kappa shape index (κ1) is 11.2. The van der Waals surface area contributed by atoms with E-state index in [1.165, 1.54) is 6.42 Å². The summed E-state index contributed by atoms with van der Waals surface area (Å²) >= 11 is 0. The topological polar surface area (TPSA) is 55.1 Å². The van der Waals surface area contributed by atoms with E-state index in [9.17, 15) is 4.79 Å². The fourth-order valence-electron chi connectivity index (χ4n) is 1.57. The second-order valence-corrected chi connectivity index (χ2v) is 4.77. The lowest BCUT2D eigenvalue weighted by atomic mass is 10.1. The number of amides is 1. The van der Waals surface area contributed by atoms with Crippen LogP contribution in [0.4, 0.5) is 0 Å². The van der Waals surface area contributed by atoms with Crippen LogP contribution in [-0.4, -0.2) is 18.5 Å². The fraction of sp³-hybridized carbons (Fsp3) is 0.727. The molecule has 3 nitrogen and oxygen atoms in total. The van der Waals surface area contributed by atoms with E-state index < -0.39 is 6.04 Å². The first-order chi connectivity index (χ1) is 6.47. The van der Waals surface area contributed by atoms with E-state index >= 15 is 0 Å². The molecule has 1 fully saturated rings. The molecule has 1 aliphatic carbocycles. The predicted molar refractivity (Wildman–Crippen MR) is 57.7 cm³/mol. The number of nitrogens with one attached hydrogen (secondary N) is 1. The average Bonchev–Trinajstić information content (AvgIpc) is 2.70. The van der Waals surface area contributed by atoms with Gasteiger partial charge in [0, 0.05) is 6.54 Å². The van der Waals surface area contributed by atoms with Crippen LogP contribution in [-0.2, 0) is 4.79 Å². The van der Waals surface area contributed by atoms with Crippen LogP contribution in [0.3, 0.4) is 0 Å². The maximum absolute atomic E-state index is 11.4. The Morgan fingerprint density at radius 1 is 1.79 bits per heavy atom. The smallest absolute Gasteiger partial charge is 0.237 e. The van der Waals surface area contributed by atoms with E-state index in [4.69, 9.17) is 5.73 Å². The Bertz CT molecular complexity index is 235. The molecule has 0 aromatic heterocycles. The molecule has 3 N–H and O–H groups in total. The lowest BCUT2D eigenvalue weighted by Gasteiger charge is -2.10. The van der Waals surface area contributed by atoms with E-state index in [1.54, 1.807) is 6.08 Å². The standard InChI is InChI=1S/C11H20N2O/c1-4-5-9(12)10(14)13-7-8-6-11(8,2)3/h4,8-9H,1,5-7,12H2,2-3H3,(H,13,14). The van der Waals surface area contributed by atoms with Crippen LogP contribution in [0.15, 0.2) is 12.7 Å². The molecular formula is C11H20N2O. The van der Waals surface area contributed by atoms with Crippen LogP contribution in [0.5, 0.6) is 0 Å². The molecule has 0 aromatic rings. The van der Waals surface area contributed by atoms with Gasteiger partial charge in [-0.05, 0) is 24.2 Å². The van der Waals surface area contributed by atoms with Crippen molar-refractivity contribution in [2.75, 3.05) is 6.54 Å². The number of carbonyl (C=O) groups is 1. The average molecular weight is 196 g/mol. The molecule has 3 heteroatoms. The summed E-state index contributed by atoms with van der Waals surface area (Å²) in [6.07, 6.45) is 3.41. The summed E-state index contributed by atoms with van der Waals surface area (Å²) in [7, 11) is 0. The molecule has 0 bridgehead atoms. The first-order valence-corrected chi connectivity index (χ1v) is 5.11. The van der Waals surface area contributed by atoms with Crippen molar-refractivity contribution in [1.29, 1.82) is 0 Å². The van der Waals surface area contributed by atoms with Crippen molar-refractivity contribution in [1.82, 2.24) is 5.32 Å².